The van der Waals surface area contributed by atoms with Gasteiger partial charge in [0.15, 0.2) is 0 Å². The van der Waals surface area contributed by atoms with E-state index in [0.29, 0.717) is 22.2 Å². The second-order valence-electron chi connectivity index (χ2n) is 5.35. The quantitative estimate of drug-likeness (QED) is 0.829. The van der Waals surface area contributed by atoms with E-state index >= 15 is 0 Å². The summed E-state index contributed by atoms with van der Waals surface area (Å²) in [5.41, 5.74) is 2.66. The number of carbonyl (C=O) groups excluding carboxylic acids is 1. The van der Waals surface area contributed by atoms with Gasteiger partial charge < -0.3 is 9.80 Å². The Morgan fingerprint density at radius 2 is 1.59 bits per heavy atom. The van der Waals surface area contributed by atoms with Gasteiger partial charge in [-0.15, -0.1) is 0 Å². The number of amides is 1. The molecule has 0 N–H and O–H groups in total. The molecule has 2 aromatic carbocycles. The van der Waals surface area contributed by atoms with E-state index < -0.39 is 0 Å². The fourth-order valence-corrected chi connectivity index (χ4v) is 2.43. The monoisotopic (exact) mass is 336 g/mol. The molecule has 2 rings (SSSR count). The lowest BCUT2D eigenvalue weighted by Gasteiger charge is -2.18. The Morgan fingerprint density at radius 1 is 0.955 bits per heavy atom. The van der Waals surface area contributed by atoms with E-state index in [1.807, 2.05) is 49.3 Å². The Bertz CT molecular complexity index is 669. The van der Waals surface area contributed by atoms with E-state index in [1.54, 1.807) is 24.1 Å². The summed E-state index contributed by atoms with van der Waals surface area (Å²) < 4.78 is 0. The smallest absolute Gasteiger partial charge is 0.253 e. The number of anilines is 1. The van der Waals surface area contributed by atoms with Crippen molar-refractivity contribution in [2.75, 3.05) is 26.0 Å². The van der Waals surface area contributed by atoms with Crippen LogP contribution in [0, 0.1) is 0 Å². The third kappa shape index (κ3) is 3.93. The van der Waals surface area contributed by atoms with Crippen molar-refractivity contribution in [1.82, 2.24) is 4.90 Å². The highest BCUT2D eigenvalue weighted by atomic mass is 35.5. The molecular formula is C17H18Cl2N2O. The second-order valence-corrected chi connectivity index (χ2v) is 6.17. The summed E-state index contributed by atoms with van der Waals surface area (Å²) in [6.07, 6.45) is 0. The molecule has 5 heteroatoms. The molecule has 0 saturated heterocycles. The van der Waals surface area contributed by atoms with Crippen LogP contribution in [0.1, 0.15) is 15.9 Å². The van der Waals surface area contributed by atoms with Crippen LogP contribution in [-0.4, -0.2) is 32.0 Å². The molecular weight excluding hydrogens is 319 g/mol. The molecule has 0 bridgehead atoms. The maximum Gasteiger partial charge on any atom is 0.253 e. The molecule has 116 valence electrons. The third-order valence-electron chi connectivity index (χ3n) is 3.38. The molecule has 0 aliphatic heterocycles. The molecule has 0 radical (unpaired) electrons. The van der Waals surface area contributed by atoms with Crippen molar-refractivity contribution in [1.29, 1.82) is 0 Å². The van der Waals surface area contributed by atoms with Gasteiger partial charge in [-0.2, -0.15) is 0 Å². The number of carbonyl (C=O) groups is 1. The maximum absolute atomic E-state index is 12.4. The van der Waals surface area contributed by atoms with Crippen LogP contribution < -0.4 is 4.90 Å². The predicted molar refractivity (Wildman–Crippen MR) is 93.0 cm³/mol. The van der Waals surface area contributed by atoms with Crippen LogP contribution in [0.25, 0.3) is 0 Å². The molecule has 0 aliphatic carbocycles. The lowest BCUT2D eigenvalue weighted by atomic mass is 10.1. The lowest BCUT2D eigenvalue weighted by molar-refractivity contribution is 0.0785. The van der Waals surface area contributed by atoms with Crippen molar-refractivity contribution in [3.8, 4) is 0 Å². The Hall–Kier alpha value is -1.71. The fourth-order valence-electron chi connectivity index (χ4n) is 2.11. The molecule has 3 nitrogen and oxygen atoms in total. The van der Waals surface area contributed by atoms with Crippen LogP contribution in [0.3, 0.4) is 0 Å². The first-order valence-electron chi connectivity index (χ1n) is 6.85. The van der Waals surface area contributed by atoms with E-state index in [9.17, 15) is 4.79 Å². The highest BCUT2D eigenvalue weighted by Gasteiger charge is 2.12. The number of hydrogen-bond acceptors (Lipinski definition) is 2. The van der Waals surface area contributed by atoms with Crippen molar-refractivity contribution >= 4 is 34.8 Å². The standard InChI is InChI=1S/C17H18Cl2N2O/c1-20(2)14-7-5-13(6-8-14)17(22)21(3)11-12-4-9-15(18)16(19)10-12/h4-10H,11H2,1-3H3. The van der Waals surface area contributed by atoms with Crippen LogP contribution in [0.15, 0.2) is 42.5 Å². The van der Waals surface area contributed by atoms with Gasteiger partial charge in [0.1, 0.15) is 0 Å². The number of nitrogens with zero attached hydrogens (tertiary/aromatic N) is 2. The molecule has 0 unspecified atom stereocenters. The first-order valence-corrected chi connectivity index (χ1v) is 7.61. The van der Waals surface area contributed by atoms with Crippen LogP contribution in [-0.2, 0) is 6.54 Å². The first-order chi connectivity index (χ1) is 10.4. The summed E-state index contributed by atoms with van der Waals surface area (Å²) in [6.45, 7) is 0.477. The van der Waals surface area contributed by atoms with Crippen molar-refractivity contribution in [2.45, 2.75) is 6.54 Å². The van der Waals surface area contributed by atoms with Crippen LogP contribution in [0.5, 0.6) is 0 Å². The largest absolute Gasteiger partial charge is 0.378 e. The Balaban J connectivity index is 2.09. The molecule has 1 amide bonds. The Labute approximate surface area is 141 Å². The summed E-state index contributed by atoms with van der Waals surface area (Å²) >= 11 is 11.9. The van der Waals surface area contributed by atoms with Crippen molar-refractivity contribution < 1.29 is 4.79 Å². The normalized spacial score (nSPS) is 10.4. The van der Waals surface area contributed by atoms with E-state index in [2.05, 4.69) is 0 Å². The molecule has 0 heterocycles. The summed E-state index contributed by atoms with van der Waals surface area (Å²) in [4.78, 5) is 16.1. The highest BCUT2D eigenvalue weighted by Crippen LogP contribution is 2.23. The van der Waals surface area contributed by atoms with Gasteiger partial charge in [0.05, 0.1) is 10.0 Å². The Morgan fingerprint density at radius 3 is 2.14 bits per heavy atom. The summed E-state index contributed by atoms with van der Waals surface area (Å²) in [6, 6.07) is 12.9. The molecule has 0 aromatic heterocycles. The Kier molecular flexibility index (Phi) is 5.33. The zero-order valence-electron chi connectivity index (χ0n) is 12.8. The van der Waals surface area contributed by atoms with Gasteiger partial charge in [-0.3, -0.25) is 4.79 Å². The summed E-state index contributed by atoms with van der Waals surface area (Å²) in [5, 5.41) is 1.01. The van der Waals surface area contributed by atoms with Gasteiger partial charge in [0.25, 0.3) is 5.91 Å². The molecule has 0 spiro atoms. The molecule has 0 aliphatic rings. The van der Waals surface area contributed by atoms with E-state index in [1.165, 1.54) is 0 Å². The van der Waals surface area contributed by atoms with E-state index in [-0.39, 0.29) is 5.91 Å². The lowest BCUT2D eigenvalue weighted by Crippen LogP contribution is -2.26. The molecule has 2 aromatic rings. The summed E-state index contributed by atoms with van der Waals surface area (Å²) in [7, 11) is 5.70. The first kappa shape index (κ1) is 16.7. The fraction of sp³-hybridized carbons (Fsp3) is 0.235. The molecule has 0 atom stereocenters. The average Bonchev–Trinajstić information content (AvgIpc) is 2.50. The molecule has 0 fully saturated rings. The third-order valence-corrected chi connectivity index (χ3v) is 4.12. The van der Waals surface area contributed by atoms with Gasteiger partial charge in [0, 0.05) is 38.9 Å². The van der Waals surface area contributed by atoms with Crippen molar-refractivity contribution in [3.05, 3.63) is 63.6 Å². The number of benzene rings is 2. The molecule has 22 heavy (non-hydrogen) atoms. The predicted octanol–water partition coefficient (Wildman–Crippen LogP) is 4.33. The van der Waals surface area contributed by atoms with Crippen LogP contribution in [0.4, 0.5) is 5.69 Å². The minimum absolute atomic E-state index is 0.0311. The number of hydrogen-bond donors (Lipinski definition) is 0. The number of halogens is 2. The molecule has 0 saturated carbocycles. The van der Waals surface area contributed by atoms with Gasteiger partial charge in [-0.1, -0.05) is 29.3 Å². The van der Waals surface area contributed by atoms with Crippen LogP contribution in [0.2, 0.25) is 10.0 Å². The van der Waals surface area contributed by atoms with Gasteiger partial charge in [-0.25, -0.2) is 0 Å². The SMILES string of the molecule is CN(Cc1ccc(Cl)c(Cl)c1)C(=O)c1ccc(N(C)C)cc1. The van der Waals surface area contributed by atoms with E-state index in [4.69, 9.17) is 23.2 Å². The van der Waals surface area contributed by atoms with Gasteiger partial charge >= 0.3 is 0 Å². The minimum atomic E-state index is -0.0311. The topological polar surface area (TPSA) is 23.6 Å². The maximum atomic E-state index is 12.4. The highest BCUT2D eigenvalue weighted by molar-refractivity contribution is 6.42. The summed E-state index contributed by atoms with van der Waals surface area (Å²) in [5.74, 6) is -0.0311. The average molecular weight is 337 g/mol. The van der Waals surface area contributed by atoms with E-state index in [0.717, 1.165) is 11.3 Å². The zero-order chi connectivity index (χ0) is 16.3. The minimum Gasteiger partial charge on any atom is -0.378 e. The van der Waals surface area contributed by atoms with Crippen LogP contribution >= 0.6 is 23.2 Å². The van der Waals surface area contributed by atoms with Crippen molar-refractivity contribution in [3.63, 3.8) is 0 Å². The second kappa shape index (κ2) is 7.03. The van der Waals surface area contributed by atoms with Gasteiger partial charge in [-0.05, 0) is 42.0 Å². The number of rotatable bonds is 4. The zero-order valence-corrected chi connectivity index (χ0v) is 14.3. The van der Waals surface area contributed by atoms with Gasteiger partial charge in [0.2, 0.25) is 0 Å². The van der Waals surface area contributed by atoms with Crippen molar-refractivity contribution in [2.24, 2.45) is 0 Å².